The van der Waals surface area contributed by atoms with Crippen molar-refractivity contribution >= 4 is 23.4 Å². The van der Waals surface area contributed by atoms with E-state index in [0.717, 1.165) is 10.5 Å². The number of aryl methyl sites for hydroxylation is 1. The van der Waals surface area contributed by atoms with Gasteiger partial charge in [0.2, 0.25) is 0 Å². The second-order valence-corrected chi connectivity index (χ2v) is 7.12. The molecule has 2 aromatic rings. The molecule has 0 aromatic heterocycles. The summed E-state index contributed by atoms with van der Waals surface area (Å²) < 4.78 is 10.6. The number of aliphatic hydroxyl groups excluding tert-OH is 1. The zero-order chi connectivity index (χ0) is 22.7. The van der Waals surface area contributed by atoms with Gasteiger partial charge >= 0.3 is 5.97 Å². The lowest BCUT2D eigenvalue weighted by Crippen LogP contribution is -2.31. The van der Waals surface area contributed by atoms with Crippen LogP contribution < -0.4 is 9.47 Å². The molecule has 1 atom stereocenters. The van der Waals surface area contributed by atoms with Gasteiger partial charge in [-0.25, -0.2) is 0 Å². The van der Waals surface area contributed by atoms with E-state index in [4.69, 9.17) is 14.6 Å². The van der Waals surface area contributed by atoms with Crippen molar-refractivity contribution < 1.29 is 34.1 Å². The summed E-state index contributed by atoms with van der Waals surface area (Å²) >= 11 is 0. The number of aliphatic hydroxyl groups is 1. The Balaban J connectivity index is 2.19. The highest BCUT2D eigenvalue weighted by Gasteiger charge is 2.46. The molecule has 1 amide bonds. The number of carboxylic acids is 1. The maximum Gasteiger partial charge on any atom is 0.305 e. The zero-order valence-electron chi connectivity index (χ0n) is 17.4. The van der Waals surface area contributed by atoms with Crippen LogP contribution in [0.25, 0.3) is 5.76 Å². The van der Waals surface area contributed by atoms with Gasteiger partial charge < -0.3 is 24.6 Å². The summed E-state index contributed by atoms with van der Waals surface area (Å²) in [4.78, 5) is 37.9. The molecule has 0 radical (unpaired) electrons. The first-order valence-corrected chi connectivity index (χ1v) is 9.57. The van der Waals surface area contributed by atoms with Crippen LogP contribution in [0.3, 0.4) is 0 Å². The van der Waals surface area contributed by atoms with E-state index < -0.39 is 23.7 Å². The van der Waals surface area contributed by atoms with E-state index in [9.17, 15) is 19.5 Å². The summed E-state index contributed by atoms with van der Waals surface area (Å²) in [6.07, 6.45) is -0.346. The van der Waals surface area contributed by atoms with E-state index in [2.05, 4.69) is 0 Å². The number of ketones is 1. The molecule has 1 aliphatic heterocycles. The number of carboxylic acid groups (broad SMARTS) is 1. The van der Waals surface area contributed by atoms with Crippen LogP contribution in [0.1, 0.15) is 29.2 Å². The summed E-state index contributed by atoms with van der Waals surface area (Å²) in [6, 6.07) is 10.8. The molecule has 8 heteroatoms. The van der Waals surface area contributed by atoms with Gasteiger partial charge in [-0.05, 0) is 24.6 Å². The average Bonchev–Trinajstić information content (AvgIpc) is 3.01. The number of likely N-dealkylation sites (tertiary alicyclic amines) is 1. The van der Waals surface area contributed by atoms with Gasteiger partial charge in [0.1, 0.15) is 5.76 Å². The molecule has 2 N–H and O–H groups in total. The number of hydrogen-bond donors (Lipinski definition) is 2. The van der Waals surface area contributed by atoms with Crippen LogP contribution in [0.5, 0.6) is 11.5 Å². The van der Waals surface area contributed by atoms with Crippen LogP contribution in [-0.4, -0.2) is 53.5 Å². The van der Waals surface area contributed by atoms with Gasteiger partial charge in [-0.1, -0.05) is 35.9 Å². The smallest absolute Gasteiger partial charge is 0.305 e. The molecular weight excluding hydrogens is 402 g/mol. The first-order chi connectivity index (χ1) is 14.8. The number of rotatable bonds is 7. The third-order valence-electron chi connectivity index (χ3n) is 5.15. The number of carbonyl (C=O) groups is 3. The Morgan fingerprint density at radius 2 is 1.65 bits per heavy atom. The highest BCUT2D eigenvalue weighted by molar-refractivity contribution is 6.46. The number of carbonyl (C=O) groups excluding carboxylic acids is 2. The van der Waals surface area contributed by atoms with Crippen molar-refractivity contribution in [3.8, 4) is 11.5 Å². The van der Waals surface area contributed by atoms with Crippen molar-refractivity contribution in [3.05, 3.63) is 64.7 Å². The Morgan fingerprint density at radius 1 is 1.00 bits per heavy atom. The quantitative estimate of drug-likeness (QED) is 0.398. The van der Waals surface area contributed by atoms with E-state index in [-0.39, 0.29) is 24.3 Å². The lowest BCUT2D eigenvalue weighted by Gasteiger charge is -2.25. The maximum absolute atomic E-state index is 12.9. The van der Waals surface area contributed by atoms with Gasteiger partial charge in [0.15, 0.2) is 11.5 Å². The molecule has 31 heavy (non-hydrogen) atoms. The predicted octanol–water partition coefficient (Wildman–Crippen LogP) is 2.91. The molecule has 0 spiro atoms. The topological polar surface area (TPSA) is 113 Å². The van der Waals surface area contributed by atoms with E-state index in [1.54, 1.807) is 42.5 Å². The highest BCUT2D eigenvalue weighted by atomic mass is 16.5. The first kappa shape index (κ1) is 21.9. The fourth-order valence-electron chi connectivity index (χ4n) is 3.56. The van der Waals surface area contributed by atoms with Crippen LogP contribution in [0, 0.1) is 6.92 Å². The van der Waals surface area contributed by atoms with Crippen molar-refractivity contribution in [1.82, 2.24) is 4.90 Å². The van der Waals surface area contributed by atoms with Crippen LogP contribution in [0.2, 0.25) is 0 Å². The zero-order valence-corrected chi connectivity index (χ0v) is 17.4. The van der Waals surface area contributed by atoms with Crippen LogP contribution in [0.15, 0.2) is 48.0 Å². The minimum absolute atomic E-state index is 0.105. The summed E-state index contributed by atoms with van der Waals surface area (Å²) in [5.41, 5.74) is 1.73. The van der Waals surface area contributed by atoms with Crippen molar-refractivity contribution in [2.45, 2.75) is 19.4 Å². The Kier molecular flexibility index (Phi) is 6.29. The second kappa shape index (κ2) is 8.91. The van der Waals surface area contributed by atoms with Gasteiger partial charge in [-0.2, -0.15) is 0 Å². The number of Topliss-reactive ketones (excluding diaryl/α,β-unsaturated/α-hetero) is 1. The van der Waals surface area contributed by atoms with Crippen LogP contribution >= 0.6 is 0 Å². The molecule has 162 valence electrons. The molecule has 0 saturated carbocycles. The molecule has 8 nitrogen and oxygen atoms in total. The van der Waals surface area contributed by atoms with Gasteiger partial charge in [-0.3, -0.25) is 14.4 Å². The number of benzene rings is 2. The van der Waals surface area contributed by atoms with Gasteiger partial charge in [0, 0.05) is 12.1 Å². The molecule has 2 aromatic carbocycles. The van der Waals surface area contributed by atoms with Crippen molar-refractivity contribution in [3.63, 3.8) is 0 Å². The van der Waals surface area contributed by atoms with E-state index >= 15 is 0 Å². The number of aliphatic carboxylic acids is 1. The van der Waals surface area contributed by atoms with Gasteiger partial charge in [-0.15, -0.1) is 0 Å². The fourth-order valence-corrected chi connectivity index (χ4v) is 3.56. The number of hydrogen-bond acceptors (Lipinski definition) is 6. The van der Waals surface area contributed by atoms with Crippen LogP contribution in [-0.2, 0) is 14.4 Å². The van der Waals surface area contributed by atoms with E-state index in [0.29, 0.717) is 22.6 Å². The van der Waals surface area contributed by atoms with E-state index in [1.807, 2.05) is 6.92 Å². The third-order valence-corrected chi connectivity index (χ3v) is 5.15. The minimum Gasteiger partial charge on any atom is -0.507 e. The van der Waals surface area contributed by atoms with Crippen LogP contribution in [0.4, 0.5) is 0 Å². The number of methoxy groups -OCH3 is 2. The molecular formula is C23H23NO7. The van der Waals surface area contributed by atoms with Crippen molar-refractivity contribution in [1.29, 1.82) is 0 Å². The highest BCUT2D eigenvalue weighted by Crippen LogP contribution is 2.42. The summed E-state index contributed by atoms with van der Waals surface area (Å²) in [6.45, 7) is 1.70. The van der Waals surface area contributed by atoms with Crippen molar-refractivity contribution in [2.75, 3.05) is 20.8 Å². The Hall–Kier alpha value is -3.81. The first-order valence-electron chi connectivity index (χ1n) is 9.57. The largest absolute Gasteiger partial charge is 0.507 e. The normalized spacial score (nSPS) is 17.6. The average molecular weight is 425 g/mol. The van der Waals surface area contributed by atoms with Gasteiger partial charge in [0.25, 0.3) is 11.7 Å². The molecule has 1 unspecified atom stereocenters. The van der Waals surface area contributed by atoms with Crippen molar-refractivity contribution in [2.24, 2.45) is 0 Å². The third kappa shape index (κ3) is 4.23. The summed E-state index contributed by atoms with van der Waals surface area (Å²) in [7, 11) is 2.93. The molecule has 1 fully saturated rings. The number of nitrogens with zero attached hydrogens (tertiary/aromatic N) is 1. The lowest BCUT2D eigenvalue weighted by atomic mass is 9.94. The Bertz CT molecular complexity index is 1060. The molecule has 0 aliphatic carbocycles. The van der Waals surface area contributed by atoms with E-state index in [1.165, 1.54) is 14.2 Å². The minimum atomic E-state index is -1.11. The number of amides is 1. The Labute approximate surface area is 179 Å². The Morgan fingerprint density at radius 3 is 2.23 bits per heavy atom. The SMILES string of the molecule is COc1ccc(C2C(=C(O)c3ccc(C)cc3)C(=O)C(=O)N2CCC(=O)O)cc1OC. The lowest BCUT2D eigenvalue weighted by molar-refractivity contribution is -0.142. The molecule has 1 heterocycles. The maximum atomic E-state index is 12.9. The number of ether oxygens (including phenoxy) is 2. The second-order valence-electron chi connectivity index (χ2n) is 7.12. The monoisotopic (exact) mass is 425 g/mol. The molecule has 1 saturated heterocycles. The fraction of sp³-hybridized carbons (Fsp3) is 0.261. The molecule has 1 aliphatic rings. The summed E-state index contributed by atoms with van der Waals surface area (Å²) in [5.74, 6) is -2.34. The molecule has 0 bridgehead atoms. The standard InChI is InChI=1S/C23H23NO7/c1-13-4-6-14(7-5-13)21(27)19-20(15-8-9-16(30-2)17(12-15)31-3)24(11-10-18(25)26)23(29)22(19)28/h4-9,12,20,27H,10-11H2,1-3H3,(H,25,26). The summed E-state index contributed by atoms with van der Waals surface area (Å²) in [5, 5.41) is 20.1. The predicted molar refractivity (Wildman–Crippen MR) is 112 cm³/mol. The van der Waals surface area contributed by atoms with Gasteiger partial charge in [0.05, 0.1) is 32.3 Å². The molecule has 3 rings (SSSR count).